The van der Waals surface area contributed by atoms with Gasteiger partial charge in [0.25, 0.3) is 0 Å². The lowest BCUT2D eigenvalue weighted by atomic mass is 9.77. The van der Waals surface area contributed by atoms with E-state index in [2.05, 4.69) is 0 Å². The summed E-state index contributed by atoms with van der Waals surface area (Å²) in [5.74, 6) is 0. The first-order chi connectivity index (χ1) is 8.33. The van der Waals surface area contributed by atoms with E-state index >= 15 is 0 Å². The van der Waals surface area contributed by atoms with E-state index in [-0.39, 0.29) is 0 Å². The normalized spacial score (nSPS) is 19.8. The molecule has 0 aliphatic heterocycles. The molecule has 1 aliphatic carbocycles. The Morgan fingerprint density at radius 2 is 1.72 bits per heavy atom. The quantitative estimate of drug-likeness (QED) is 0.700. The molecule has 0 unspecified atom stereocenters. The molecule has 1 nitrogen and oxygen atoms in total. The monoisotopic (exact) mass is 257 g/mol. The summed E-state index contributed by atoms with van der Waals surface area (Å²) in [6, 6.07) is 3.51. The second-order valence-electron chi connectivity index (χ2n) is 5.08. The predicted octanol–water partition coefficient (Wildman–Crippen LogP) is 4.60. The molecule has 0 atom stereocenters. The molecule has 1 saturated carbocycles. The van der Waals surface area contributed by atoms with Crippen LogP contribution in [-0.2, 0) is 16.9 Å². The zero-order valence-corrected chi connectivity index (χ0v) is 10.3. The van der Waals surface area contributed by atoms with Gasteiger partial charge in [-0.1, -0.05) is 25.3 Å². The van der Waals surface area contributed by atoms with Crippen LogP contribution in [0.15, 0.2) is 18.2 Å². The van der Waals surface area contributed by atoms with E-state index in [1.165, 1.54) is 6.07 Å². The molecule has 1 aromatic carbocycles. The Morgan fingerprint density at radius 1 is 1.11 bits per heavy atom. The van der Waals surface area contributed by atoms with E-state index in [1.807, 2.05) is 0 Å². The van der Waals surface area contributed by atoms with Crippen molar-refractivity contribution in [2.75, 3.05) is 0 Å². The molecule has 1 fully saturated rings. The molecule has 2 rings (SSSR count). The van der Waals surface area contributed by atoms with Gasteiger partial charge in [-0.2, -0.15) is 13.2 Å². The topological polar surface area (TPSA) is 19.9 Å². The zero-order chi connectivity index (χ0) is 13.4. The van der Waals surface area contributed by atoms with Crippen molar-refractivity contribution >= 4 is 0 Å². The summed E-state index contributed by atoms with van der Waals surface area (Å²) in [5, 5.41) is 12.7. The standard InChI is InChI=1S/C14H16F3O/c1-10-5-6-11(14(15,16)17)9-12(10)13(18)7-3-2-4-8-13/h5-6,9H,2-4,7-8H2,1H3. The van der Waals surface area contributed by atoms with Crippen molar-refractivity contribution in [3.05, 3.63) is 34.9 Å². The van der Waals surface area contributed by atoms with Gasteiger partial charge in [-0.05, 0) is 43.0 Å². The first-order valence-electron chi connectivity index (χ1n) is 6.22. The average molecular weight is 257 g/mol. The van der Waals surface area contributed by atoms with Crippen molar-refractivity contribution in [3.63, 3.8) is 0 Å². The number of benzene rings is 1. The second kappa shape index (κ2) is 4.57. The first-order valence-corrected chi connectivity index (χ1v) is 6.22. The molecule has 0 N–H and O–H groups in total. The van der Waals surface area contributed by atoms with Crippen molar-refractivity contribution in [1.82, 2.24) is 0 Å². The van der Waals surface area contributed by atoms with Crippen LogP contribution in [0.1, 0.15) is 48.8 Å². The summed E-state index contributed by atoms with van der Waals surface area (Å²) in [6.07, 6.45) is -0.891. The molecular weight excluding hydrogens is 241 g/mol. The highest BCUT2D eigenvalue weighted by Crippen LogP contribution is 2.41. The fourth-order valence-corrected chi connectivity index (χ4v) is 2.68. The molecule has 0 saturated heterocycles. The van der Waals surface area contributed by atoms with Crippen LogP contribution < -0.4 is 0 Å². The third-order valence-electron chi connectivity index (χ3n) is 3.72. The summed E-state index contributed by atoms with van der Waals surface area (Å²) in [5.41, 5.74) is -1.05. The van der Waals surface area contributed by atoms with E-state index in [0.717, 1.165) is 31.4 Å². The third-order valence-corrected chi connectivity index (χ3v) is 3.72. The van der Waals surface area contributed by atoms with Crippen LogP contribution >= 0.6 is 0 Å². The predicted molar refractivity (Wildman–Crippen MR) is 61.6 cm³/mol. The summed E-state index contributed by atoms with van der Waals surface area (Å²) in [7, 11) is 0. The van der Waals surface area contributed by atoms with Gasteiger partial charge in [0.05, 0.1) is 5.56 Å². The minimum atomic E-state index is -4.38. The van der Waals surface area contributed by atoms with E-state index in [1.54, 1.807) is 6.92 Å². The minimum absolute atomic E-state index is 0.331. The van der Waals surface area contributed by atoms with E-state index < -0.39 is 17.3 Å². The van der Waals surface area contributed by atoms with Gasteiger partial charge in [-0.25, -0.2) is 5.11 Å². The molecule has 0 spiro atoms. The average Bonchev–Trinajstić information content (AvgIpc) is 2.28. The molecule has 0 heterocycles. The van der Waals surface area contributed by atoms with Crippen molar-refractivity contribution < 1.29 is 18.3 Å². The fraction of sp³-hybridized carbons (Fsp3) is 0.571. The maximum absolute atomic E-state index is 12.7. The second-order valence-corrected chi connectivity index (χ2v) is 5.08. The molecule has 1 radical (unpaired) electrons. The molecule has 0 aromatic heterocycles. The molecule has 99 valence electrons. The van der Waals surface area contributed by atoms with Crippen LogP contribution in [-0.4, -0.2) is 0 Å². The van der Waals surface area contributed by atoms with Crippen LogP contribution in [0, 0.1) is 6.92 Å². The summed E-state index contributed by atoms with van der Waals surface area (Å²) < 4.78 is 38.1. The Bertz CT molecular complexity index is 431. The first kappa shape index (κ1) is 13.4. The highest BCUT2D eigenvalue weighted by atomic mass is 19.4. The van der Waals surface area contributed by atoms with Gasteiger partial charge in [-0.15, -0.1) is 0 Å². The largest absolute Gasteiger partial charge is 0.416 e. The number of hydrogen-bond acceptors (Lipinski definition) is 0. The Labute approximate surface area is 105 Å². The van der Waals surface area contributed by atoms with Crippen LogP contribution in [0.5, 0.6) is 0 Å². The van der Waals surface area contributed by atoms with Gasteiger partial charge in [0, 0.05) is 0 Å². The Kier molecular flexibility index (Phi) is 3.41. The van der Waals surface area contributed by atoms with Gasteiger partial charge in [-0.3, -0.25) is 0 Å². The van der Waals surface area contributed by atoms with Gasteiger partial charge in [0.2, 0.25) is 0 Å². The van der Waals surface area contributed by atoms with Gasteiger partial charge in [0.15, 0.2) is 0 Å². The smallest absolute Gasteiger partial charge is 0.224 e. The van der Waals surface area contributed by atoms with E-state index in [0.29, 0.717) is 24.0 Å². The van der Waals surface area contributed by atoms with Crippen LogP contribution in [0.3, 0.4) is 0 Å². The molecule has 0 bridgehead atoms. The summed E-state index contributed by atoms with van der Waals surface area (Å²) >= 11 is 0. The molecule has 1 aliphatic rings. The minimum Gasteiger partial charge on any atom is -0.224 e. The zero-order valence-electron chi connectivity index (χ0n) is 10.3. The Hall–Kier alpha value is -1.03. The van der Waals surface area contributed by atoms with Crippen molar-refractivity contribution in [2.45, 2.75) is 50.8 Å². The maximum atomic E-state index is 12.7. The lowest BCUT2D eigenvalue weighted by molar-refractivity contribution is -0.138. The van der Waals surface area contributed by atoms with Crippen LogP contribution in [0.2, 0.25) is 0 Å². The third kappa shape index (κ3) is 2.53. The van der Waals surface area contributed by atoms with Gasteiger partial charge < -0.3 is 0 Å². The molecule has 4 heteroatoms. The number of alkyl halides is 3. The number of aryl methyl sites for hydroxylation is 1. The number of rotatable bonds is 1. The van der Waals surface area contributed by atoms with E-state index in [9.17, 15) is 18.3 Å². The van der Waals surface area contributed by atoms with Crippen molar-refractivity contribution in [1.29, 1.82) is 0 Å². The Balaban J connectivity index is 2.43. The maximum Gasteiger partial charge on any atom is 0.416 e. The number of halogens is 3. The number of hydrogen-bond donors (Lipinski definition) is 0. The summed E-state index contributed by atoms with van der Waals surface area (Å²) in [4.78, 5) is 0. The highest BCUT2D eigenvalue weighted by Gasteiger charge is 2.37. The fourth-order valence-electron chi connectivity index (χ4n) is 2.68. The molecular formula is C14H16F3O. The molecule has 0 amide bonds. The molecule has 1 aromatic rings. The van der Waals surface area contributed by atoms with E-state index in [4.69, 9.17) is 0 Å². The lowest BCUT2D eigenvalue weighted by Gasteiger charge is -2.31. The van der Waals surface area contributed by atoms with Crippen molar-refractivity contribution in [3.8, 4) is 0 Å². The van der Waals surface area contributed by atoms with Crippen LogP contribution in [0.4, 0.5) is 13.2 Å². The molecule has 18 heavy (non-hydrogen) atoms. The van der Waals surface area contributed by atoms with Gasteiger partial charge >= 0.3 is 6.18 Å². The lowest BCUT2D eigenvalue weighted by Crippen LogP contribution is -2.28. The summed E-state index contributed by atoms with van der Waals surface area (Å²) in [6.45, 7) is 1.71. The van der Waals surface area contributed by atoms with Crippen molar-refractivity contribution in [2.24, 2.45) is 0 Å². The Morgan fingerprint density at radius 3 is 2.28 bits per heavy atom. The van der Waals surface area contributed by atoms with Gasteiger partial charge in [0.1, 0.15) is 5.60 Å². The van der Waals surface area contributed by atoms with Crippen LogP contribution in [0.25, 0.3) is 0 Å². The highest BCUT2D eigenvalue weighted by molar-refractivity contribution is 5.36. The SMILES string of the molecule is Cc1ccc(C(F)(F)F)cc1C1([O])CCCCC1.